The van der Waals surface area contributed by atoms with Crippen LogP contribution in [0.2, 0.25) is 0 Å². The number of methoxy groups -OCH3 is 3. The van der Waals surface area contributed by atoms with Crippen molar-refractivity contribution in [2.45, 2.75) is 6.54 Å². The number of aromatic nitrogens is 5. The Morgan fingerprint density at radius 3 is 2.69 bits per heavy atom. The lowest BCUT2D eigenvalue weighted by molar-refractivity contribution is 0.0592. The third-order valence-electron chi connectivity index (χ3n) is 3.84. The standard InChI is InChI=1S/C16H15IN6O6/c1-27-8-4-7(9(18-5-8)14(25)28-2)6-23-11-10(12(17)22-23)19-15(20-13(11)24)21-16(26)29-3/h4-5H,6H2,1-3H3,(H2,19,20,21,24,26). The molecule has 0 radical (unpaired) electrons. The van der Waals surface area contributed by atoms with E-state index in [-0.39, 0.29) is 29.2 Å². The zero-order valence-corrected chi connectivity index (χ0v) is 17.6. The van der Waals surface area contributed by atoms with Gasteiger partial charge in [0.1, 0.15) is 15.0 Å². The summed E-state index contributed by atoms with van der Waals surface area (Å²) in [7, 11) is 3.90. The van der Waals surface area contributed by atoms with Crippen LogP contribution < -0.4 is 15.6 Å². The molecule has 0 fully saturated rings. The molecule has 29 heavy (non-hydrogen) atoms. The highest BCUT2D eigenvalue weighted by Gasteiger charge is 2.20. The van der Waals surface area contributed by atoms with Crippen LogP contribution in [-0.4, -0.2) is 58.1 Å². The number of esters is 1. The van der Waals surface area contributed by atoms with Crippen molar-refractivity contribution in [2.24, 2.45) is 0 Å². The molecule has 0 aliphatic rings. The highest BCUT2D eigenvalue weighted by Crippen LogP contribution is 2.21. The van der Waals surface area contributed by atoms with Crippen molar-refractivity contribution in [1.29, 1.82) is 0 Å². The van der Waals surface area contributed by atoms with Crippen LogP contribution in [0.25, 0.3) is 11.0 Å². The Kier molecular flexibility index (Phi) is 5.95. The number of halogens is 1. The monoisotopic (exact) mass is 514 g/mol. The Labute approximate surface area is 176 Å². The second kappa shape index (κ2) is 8.42. The van der Waals surface area contributed by atoms with Crippen molar-refractivity contribution < 1.29 is 23.8 Å². The van der Waals surface area contributed by atoms with E-state index in [1.54, 1.807) is 6.07 Å². The van der Waals surface area contributed by atoms with Gasteiger partial charge in [-0.1, -0.05) is 0 Å². The lowest BCUT2D eigenvalue weighted by Crippen LogP contribution is -2.20. The molecular formula is C16H15IN6O6. The first-order valence-electron chi connectivity index (χ1n) is 8.00. The lowest BCUT2D eigenvalue weighted by atomic mass is 10.2. The summed E-state index contributed by atoms with van der Waals surface area (Å²) in [5.41, 5.74) is 0.403. The molecule has 2 N–H and O–H groups in total. The zero-order chi connectivity index (χ0) is 21.1. The zero-order valence-electron chi connectivity index (χ0n) is 15.5. The summed E-state index contributed by atoms with van der Waals surface area (Å²) >= 11 is 1.92. The minimum atomic E-state index is -0.778. The van der Waals surface area contributed by atoms with Gasteiger partial charge in [-0.15, -0.1) is 0 Å². The molecule has 3 rings (SSSR count). The number of hydrogen-bond donors (Lipinski definition) is 2. The minimum absolute atomic E-state index is 0.0304. The van der Waals surface area contributed by atoms with Crippen molar-refractivity contribution in [2.75, 3.05) is 26.6 Å². The Bertz CT molecular complexity index is 1160. The minimum Gasteiger partial charge on any atom is -0.495 e. The van der Waals surface area contributed by atoms with Gasteiger partial charge in [-0.05, 0) is 28.7 Å². The molecule has 0 atom stereocenters. The van der Waals surface area contributed by atoms with Gasteiger partial charge < -0.3 is 14.2 Å². The summed E-state index contributed by atoms with van der Waals surface area (Å²) in [4.78, 5) is 46.8. The number of ether oxygens (including phenoxy) is 3. The van der Waals surface area contributed by atoms with Crippen LogP contribution >= 0.6 is 22.6 Å². The van der Waals surface area contributed by atoms with Crippen molar-refractivity contribution in [3.8, 4) is 5.75 Å². The van der Waals surface area contributed by atoms with Crippen molar-refractivity contribution in [1.82, 2.24) is 24.7 Å². The second-order valence-electron chi connectivity index (χ2n) is 5.55. The Morgan fingerprint density at radius 1 is 1.28 bits per heavy atom. The number of amides is 1. The highest BCUT2D eigenvalue weighted by molar-refractivity contribution is 14.1. The third kappa shape index (κ3) is 4.13. The number of aromatic amines is 1. The van der Waals surface area contributed by atoms with Gasteiger partial charge in [-0.2, -0.15) is 5.10 Å². The molecule has 13 heteroatoms. The smallest absolute Gasteiger partial charge is 0.413 e. The molecule has 0 aromatic carbocycles. The topological polar surface area (TPSA) is 150 Å². The van der Waals surface area contributed by atoms with E-state index in [2.05, 4.69) is 30.1 Å². The van der Waals surface area contributed by atoms with Crippen LogP contribution in [0.1, 0.15) is 16.1 Å². The molecule has 1 amide bonds. The quantitative estimate of drug-likeness (QED) is 0.378. The van der Waals surface area contributed by atoms with E-state index in [9.17, 15) is 14.4 Å². The fraction of sp³-hybridized carbons (Fsp3) is 0.250. The van der Waals surface area contributed by atoms with Gasteiger partial charge in [-0.3, -0.25) is 19.8 Å². The first kappa shape index (κ1) is 20.5. The number of nitrogens with zero attached hydrogens (tertiary/aromatic N) is 4. The average Bonchev–Trinajstić information content (AvgIpc) is 3.02. The van der Waals surface area contributed by atoms with Gasteiger partial charge in [0.2, 0.25) is 5.95 Å². The fourth-order valence-corrected chi connectivity index (χ4v) is 3.17. The predicted molar refractivity (Wildman–Crippen MR) is 108 cm³/mol. The maximum absolute atomic E-state index is 12.6. The van der Waals surface area contributed by atoms with Crippen LogP contribution in [0.15, 0.2) is 17.1 Å². The molecule has 0 spiro atoms. The average molecular weight is 514 g/mol. The second-order valence-corrected chi connectivity index (χ2v) is 6.57. The van der Waals surface area contributed by atoms with Crippen molar-refractivity contribution in [3.05, 3.63) is 37.6 Å². The van der Waals surface area contributed by atoms with Gasteiger partial charge in [0.25, 0.3) is 5.56 Å². The van der Waals surface area contributed by atoms with Crippen LogP contribution in [0.4, 0.5) is 10.7 Å². The van der Waals surface area contributed by atoms with Gasteiger partial charge in [0.15, 0.2) is 11.2 Å². The molecule has 0 saturated heterocycles. The summed E-state index contributed by atoms with van der Waals surface area (Å²) < 4.78 is 16.2. The summed E-state index contributed by atoms with van der Waals surface area (Å²) in [6, 6.07) is 1.61. The van der Waals surface area contributed by atoms with Gasteiger partial charge in [-0.25, -0.2) is 19.6 Å². The molecule has 0 unspecified atom stereocenters. The number of H-pyrrole nitrogens is 1. The molecular weight excluding hydrogens is 499 g/mol. The first-order chi connectivity index (χ1) is 13.9. The molecule has 12 nitrogen and oxygen atoms in total. The maximum atomic E-state index is 12.6. The molecule has 0 aliphatic heterocycles. The molecule has 0 aliphatic carbocycles. The number of carbonyl (C=O) groups is 2. The van der Waals surface area contributed by atoms with Crippen molar-refractivity contribution in [3.63, 3.8) is 0 Å². The Balaban J connectivity index is 2.09. The highest BCUT2D eigenvalue weighted by atomic mass is 127. The third-order valence-corrected chi connectivity index (χ3v) is 4.57. The Hall–Kier alpha value is -3.23. The van der Waals surface area contributed by atoms with Crippen LogP contribution in [0.5, 0.6) is 5.75 Å². The first-order valence-corrected chi connectivity index (χ1v) is 9.08. The van der Waals surface area contributed by atoms with E-state index in [0.717, 1.165) is 0 Å². The Morgan fingerprint density at radius 2 is 2.03 bits per heavy atom. The molecule has 0 saturated carbocycles. The molecule has 152 valence electrons. The van der Waals surface area contributed by atoms with E-state index in [0.29, 0.717) is 15.0 Å². The molecule has 3 heterocycles. The number of nitrogens with one attached hydrogen (secondary N) is 2. The van der Waals surface area contributed by atoms with Gasteiger partial charge >= 0.3 is 12.1 Å². The summed E-state index contributed by atoms with van der Waals surface area (Å²) in [5.74, 6) is -0.286. The maximum Gasteiger partial charge on any atom is 0.413 e. The van der Waals surface area contributed by atoms with E-state index in [4.69, 9.17) is 9.47 Å². The van der Waals surface area contributed by atoms with Gasteiger partial charge in [0.05, 0.1) is 34.1 Å². The molecule has 3 aromatic heterocycles. The molecule has 3 aromatic rings. The summed E-state index contributed by atoms with van der Waals surface area (Å²) in [6.07, 6.45) is 0.611. The van der Waals surface area contributed by atoms with Gasteiger partial charge in [0, 0.05) is 5.56 Å². The predicted octanol–water partition coefficient (Wildman–Crippen LogP) is 1.14. The van der Waals surface area contributed by atoms with E-state index >= 15 is 0 Å². The number of hydrogen-bond acceptors (Lipinski definition) is 9. The summed E-state index contributed by atoms with van der Waals surface area (Å²) in [6.45, 7) is 0.0304. The summed E-state index contributed by atoms with van der Waals surface area (Å²) in [5, 5.41) is 6.63. The number of anilines is 1. The van der Waals surface area contributed by atoms with Crippen LogP contribution in [-0.2, 0) is 16.0 Å². The van der Waals surface area contributed by atoms with Crippen LogP contribution in [0, 0.1) is 3.70 Å². The fourth-order valence-electron chi connectivity index (χ4n) is 2.54. The van der Waals surface area contributed by atoms with Crippen LogP contribution in [0.3, 0.4) is 0 Å². The number of rotatable bonds is 5. The van der Waals surface area contributed by atoms with E-state index in [1.165, 1.54) is 32.2 Å². The number of pyridine rings is 1. The lowest BCUT2D eigenvalue weighted by Gasteiger charge is -2.10. The molecule has 0 bridgehead atoms. The number of carbonyl (C=O) groups excluding carboxylic acids is 2. The largest absolute Gasteiger partial charge is 0.495 e. The normalized spacial score (nSPS) is 10.6. The van der Waals surface area contributed by atoms with E-state index in [1.807, 2.05) is 22.6 Å². The van der Waals surface area contributed by atoms with Crippen molar-refractivity contribution >= 4 is 51.6 Å². The SMILES string of the molecule is COC(=O)Nc1nc2c(I)nn(Cc3cc(OC)cnc3C(=O)OC)c2c(=O)[nH]1. The number of fused-ring (bicyclic) bond motifs is 1. The van der Waals surface area contributed by atoms with E-state index < -0.39 is 17.6 Å².